The van der Waals surface area contributed by atoms with Crippen LogP contribution in [0.1, 0.15) is 50.0 Å². The third kappa shape index (κ3) is 2.41. The summed E-state index contributed by atoms with van der Waals surface area (Å²) in [5.74, 6) is 0.705. The molecule has 2 nitrogen and oxygen atoms in total. The lowest BCUT2D eigenvalue weighted by Crippen LogP contribution is -1.98. The third-order valence-corrected chi connectivity index (χ3v) is 3.24. The Morgan fingerprint density at radius 3 is 2.50 bits per heavy atom. The van der Waals surface area contributed by atoms with Crippen LogP contribution >= 0.6 is 12.2 Å². The smallest absolute Gasteiger partial charge is 0.196 e. The van der Waals surface area contributed by atoms with E-state index in [2.05, 4.69) is 9.97 Å². The summed E-state index contributed by atoms with van der Waals surface area (Å²) in [5.41, 5.74) is 1.33. The van der Waals surface area contributed by atoms with Crippen molar-refractivity contribution in [3.63, 3.8) is 0 Å². The fourth-order valence-corrected chi connectivity index (χ4v) is 2.30. The summed E-state index contributed by atoms with van der Waals surface area (Å²) in [6.07, 6.45) is 12.1. The second-order valence-corrected chi connectivity index (χ2v) is 4.43. The van der Waals surface area contributed by atoms with Gasteiger partial charge in [0.25, 0.3) is 0 Å². The van der Waals surface area contributed by atoms with Gasteiger partial charge in [-0.25, -0.2) is 4.98 Å². The molecule has 2 rings (SSSR count). The van der Waals surface area contributed by atoms with Crippen LogP contribution in [0.2, 0.25) is 0 Å². The molecule has 0 unspecified atom stereocenters. The number of aromatic amines is 1. The summed E-state index contributed by atoms with van der Waals surface area (Å²) < 4.78 is 0.586. The van der Waals surface area contributed by atoms with E-state index in [0.29, 0.717) is 10.7 Å². The highest BCUT2D eigenvalue weighted by molar-refractivity contribution is 7.71. The molecule has 3 heteroatoms. The zero-order chi connectivity index (χ0) is 9.80. The minimum absolute atomic E-state index is 0.586. The van der Waals surface area contributed by atoms with Gasteiger partial charge < -0.3 is 4.98 Å². The Kier molecular flexibility index (Phi) is 3.30. The average Bonchev–Trinajstić information content (AvgIpc) is 2.47. The van der Waals surface area contributed by atoms with E-state index in [-0.39, 0.29) is 0 Å². The Morgan fingerprint density at radius 2 is 1.93 bits per heavy atom. The predicted octanol–water partition coefficient (Wildman–Crippen LogP) is 3.58. The normalized spacial score (nSPS) is 19.1. The molecular formula is C11H16N2S. The monoisotopic (exact) mass is 208 g/mol. The number of hydrogen-bond donors (Lipinski definition) is 1. The number of rotatable bonds is 1. The van der Waals surface area contributed by atoms with Gasteiger partial charge in [-0.2, -0.15) is 0 Å². The maximum absolute atomic E-state index is 4.93. The summed E-state index contributed by atoms with van der Waals surface area (Å²) in [5, 5.41) is 0. The lowest BCUT2D eigenvalue weighted by Gasteiger charge is -2.12. The maximum atomic E-state index is 4.93. The van der Waals surface area contributed by atoms with Crippen LogP contribution in [-0.4, -0.2) is 9.97 Å². The van der Waals surface area contributed by atoms with Crippen LogP contribution in [0.4, 0.5) is 0 Å². The minimum atomic E-state index is 0.586. The van der Waals surface area contributed by atoms with Crippen molar-refractivity contribution in [1.82, 2.24) is 9.97 Å². The fraction of sp³-hybridized carbons (Fsp3) is 0.636. The summed E-state index contributed by atoms with van der Waals surface area (Å²) in [6, 6.07) is 0. The van der Waals surface area contributed by atoms with Crippen molar-refractivity contribution in [3.05, 3.63) is 22.7 Å². The highest BCUT2D eigenvalue weighted by Crippen LogP contribution is 2.30. The Morgan fingerprint density at radius 1 is 1.21 bits per heavy atom. The molecule has 1 N–H and O–H groups in total. The number of nitrogens with one attached hydrogen (secondary N) is 1. The first-order valence-electron chi connectivity index (χ1n) is 5.41. The molecule has 1 aromatic heterocycles. The predicted molar refractivity (Wildman–Crippen MR) is 59.9 cm³/mol. The summed E-state index contributed by atoms with van der Waals surface area (Å²) in [6.45, 7) is 0. The molecule has 0 amide bonds. The molecule has 76 valence electrons. The van der Waals surface area contributed by atoms with Crippen LogP contribution in [0.15, 0.2) is 12.4 Å². The first kappa shape index (κ1) is 9.84. The average molecular weight is 208 g/mol. The fourth-order valence-electron chi connectivity index (χ4n) is 2.19. The van der Waals surface area contributed by atoms with E-state index in [1.807, 2.05) is 12.4 Å². The molecule has 0 aromatic carbocycles. The lowest BCUT2D eigenvalue weighted by atomic mass is 9.94. The largest absolute Gasteiger partial charge is 0.337 e. The van der Waals surface area contributed by atoms with Gasteiger partial charge in [-0.15, -0.1) is 0 Å². The van der Waals surface area contributed by atoms with Gasteiger partial charge in [0.2, 0.25) is 0 Å². The van der Waals surface area contributed by atoms with Gasteiger partial charge in [-0.05, 0) is 36.5 Å². The molecule has 1 heterocycles. The van der Waals surface area contributed by atoms with Gasteiger partial charge in [0.15, 0.2) is 4.77 Å². The molecule has 0 bridgehead atoms. The second-order valence-electron chi connectivity index (χ2n) is 4.04. The van der Waals surface area contributed by atoms with Crippen molar-refractivity contribution in [2.24, 2.45) is 0 Å². The van der Waals surface area contributed by atoms with E-state index in [0.717, 1.165) is 0 Å². The SMILES string of the molecule is S=c1ncc(C2CCCCCC2)c[nH]1. The van der Waals surface area contributed by atoms with Crippen molar-refractivity contribution in [2.45, 2.75) is 44.4 Å². The van der Waals surface area contributed by atoms with Gasteiger partial charge in [-0.1, -0.05) is 25.7 Å². The molecule has 0 spiro atoms. The first-order chi connectivity index (χ1) is 6.86. The van der Waals surface area contributed by atoms with Gasteiger partial charge in [0.05, 0.1) is 0 Å². The number of nitrogens with zero attached hydrogens (tertiary/aromatic N) is 1. The second kappa shape index (κ2) is 4.69. The van der Waals surface area contributed by atoms with E-state index < -0.39 is 0 Å². The maximum Gasteiger partial charge on any atom is 0.196 e. The van der Waals surface area contributed by atoms with Crippen molar-refractivity contribution < 1.29 is 0 Å². The molecule has 1 saturated carbocycles. The van der Waals surface area contributed by atoms with Crippen molar-refractivity contribution in [1.29, 1.82) is 0 Å². The van der Waals surface area contributed by atoms with Crippen LogP contribution < -0.4 is 0 Å². The van der Waals surface area contributed by atoms with E-state index in [1.165, 1.54) is 44.1 Å². The van der Waals surface area contributed by atoms with Crippen LogP contribution in [0.25, 0.3) is 0 Å². The van der Waals surface area contributed by atoms with Crippen molar-refractivity contribution >= 4 is 12.2 Å². The molecule has 14 heavy (non-hydrogen) atoms. The van der Waals surface area contributed by atoms with Crippen LogP contribution in [-0.2, 0) is 0 Å². The summed E-state index contributed by atoms with van der Waals surface area (Å²) >= 11 is 4.93. The Bertz CT molecular complexity index is 317. The highest BCUT2D eigenvalue weighted by Gasteiger charge is 2.14. The molecule has 1 aliphatic carbocycles. The van der Waals surface area contributed by atoms with Crippen LogP contribution in [0.3, 0.4) is 0 Å². The van der Waals surface area contributed by atoms with Gasteiger partial charge in [0, 0.05) is 12.4 Å². The third-order valence-electron chi connectivity index (χ3n) is 3.02. The van der Waals surface area contributed by atoms with E-state index >= 15 is 0 Å². The van der Waals surface area contributed by atoms with Crippen molar-refractivity contribution in [3.8, 4) is 0 Å². The zero-order valence-electron chi connectivity index (χ0n) is 8.33. The number of H-pyrrole nitrogens is 1. The summed E-state index contributed by atoms with van der Waals surface area (Å²) in [4.78, 5) is 7.17. The molecule has 0 radical (unpaired) electrons. The number of hydrogen-bond acceptors (Lipinski definition) is 2. The molecule has 0 atom stereocenters. The molecular weight excluding hydrogens is 192 g/mol. The standard InChI is InChI=1S/C11H16N2S/c14-11-12-7-10(8-13-11)9-5-3-1-2-4-6-9/h7-9H,1-6H2,(H,12,13,14). The Hall–Kier alpha value is -0.700. The molecule has 1 aromatic rings. The minimum Gasteiger partial charge on any atom is -0.337 e. The topological polar surface area (TPSA) is 28.7 Å². The summed E-state index contributed by atoms with van der Waals surface area (Å²) in [7, 11) is 0. The molecule has 1 fully saturated rings. The van der Waals surface area contributed by atoms with E-state index in [1.54, 1.807) is 0 Å². The van der Waals surface area contributed by atoms with Crippen molar-refractivity contribution in [2.75, 3.05) is 0 Å². The van der Waals surface area contributed by atoms with Gasteiger partial charge >= 0.3 is 0 Å². The van der Waals surface area contributed by atoms with Crippen LogP contribution in [0.5, 0.6) is 0 Å². The van der Waals surface area contributed by atoms with Gasteiger partial charge in [0.1, 0.15) is 0 Å². The number of aromatic nitrogens is 2. The van der Waals surface area contributed by atoms with E-state index in [9.17, 15) is 0 Å². The molecule has 0 saturated heterocycles. The first-order valence-corrected chi connectivity index (χ1v) is 5.82. The molecule has 1 aliphatic rings. The quantitative estimate of drug-likeness (QED) is 0.564. The highest BCUT2D eigenvalue weighted by atomic mass is 32.1. The Balaban J connectivity index is 2.12. The Labute approximate surface area is 89.8 Å². The molecule has 0 aliphatic heterocycles. The lowest BCUT2D eigenvalue weighted by molar-refractivity contribution is 0.588. The zero-order valence-corrected chi connectivity index (χ0v) is 9.15. The van der Waals surface area contributed by atoms with E-state index in [4.69, 9.17) is 12.2 Å². The van der Waals surface area contributed by atoms with Gasteiger partial charge in [-0.3, -0.25) is 0 Å². The van der Waals surface area contributed by atoms with Crippen LogP contribution in [0, 0.1) is 4.77 Å².